The summed E-state index contributed by atoms with van der Waals surface area (Å²) in [5.74, 6) is -0.949. The minimum atomic E-state index is -4.91. The van der Waals surface area contributed by atoms with Gasteiger partial charge in [-0.05, 0) is 30.2 Å². The number of anilines is 2. The minimum absolute atomic E-state index is 0.0145. The first-order chi connectivity index (χ1) is 17.5. The summed E-state index contributed by atoms with van der Waals surface area (Å²) in [7, 11) is 3.00. The van der Waals surface area contributed by atoms with Crippen LogP contribution in [0.15, 0.2) is 52.3 Å². The van der Waals surface area contributed by atoms with Crippen LogP contribution in [-0.2, 0) is 20.1 Å². The van der Waals surface area contributed by atoms with Gasteiger partial charge in [-0.2, -0.15) is 0 Å². The van der Waals surface area contributed by atoms with E-state index in [0.717, 1.165) is 22.9 Å². The van der Waals surface area contributed by atoms with Crippen LogP contribution < -0.4 is 30.5 Å². The zero-order valence-corrected chi connectivity index (χ0v) is 19.8. The van der Waals surface area contributed by atoms with Crippen LogP contribution in [-0.4, -0.2) is 45.6 Å². The average Bonchev–Trinajstić information content (AvgIpc) is 3.08. The van der Waals surface area contributed by atoms with Gasteiger partial charge in [-0.1, -0.05) is 6.07 Å². The molecule has 198 valence electrons. The van der Waals surface area contributed by atoms with Crippen molar-refractivity contribution in [3.05, 3.63) is 74.9 Å². The fraction of sp³-hybridized carbons (Fsp3) is 0.348. The van der Waals surface area contributed by atoms with Crippen LogP contribution in [0.5, 0.6) is 11.5 Å². The number of hydrogen-bond donors (Lipinski definition) is 1. The second kappa shape index (κ2) is 10.1. The van der Waals surface area contributed by atoms with Gasteiger partial charge in [-0.25, -0.2) is 9.18 Å². The zero-order valence-electron chi connectivity index (χ0n) is 19.8. The molecule has 0 bridgehead atoms. The quantitative estimate of drug-likeness (QED) is 0.447. The maximum atomic E-state index is 13.9. The van der Waals surface area contributed by atoms with Crippen molar-refractivity contribution < 1.29 is 32.1 Å². The minimum Gasteiger partial charge on any atom is -0.452 e. The highest BCUT2D eigenvalue weighted by atomic mass is 19.4. The van der Waals surface area contributed by atoms with E-state index < -0.39 is 35.5 Å². The lowest BCUT2D eigenvalue weighted by Crippen LogP contribution is -2.46. The normalized spacial score (nSPS) is 15.2. The van der Waals surface area contributed by atoms with Gasteiger partial charge in [0, 0.05) is 39.5 Å². The molecule has 1 N–H and O–H groups in total. The molecule has 1 atom stereocenters. The summed E-state index contributed by atoms with van der Waals surface area (Å²) < 4.78 is 64.2. The molecule has 1 unspecified atom stereocenters. The molecule has 10 nitrogen and oxygen atoms in total. The molecule has 1 aliphatic heterocycles. The Kier molecular flexibility index (Phi) is 7.12. The number of alkyl halides is 3. The molecule has 0 fully saturated rings. The predicted octanol–water partition coefficient (Wildman–Crippen LogP) is 2.18. The van der Waals surface area contributed by atoms with Gasteiger partial charge in [0.25, 0.3) is 11.9 Å². The summed E-state index contributed by atoms with van der Waals surface area (Å²) in [5.41, 5.74) is -0.862. The largest absolute Gasteiger partial charge is 0.573 e. The number of benzene rings is 1. The fourth-order valence-electron chi connectivity index (χ4n) is 4.15. The SMILES string of the molecule is CN1c2c(c(=O)n(CCCO)c(=O)n2C)N(Cc2cncc(F)c2)C1Oc1cccc(OC(F)(F)F)c1. The van der Waals surface area contributed by atoms with Gasteiger partial charge in [-0.3, -0.25) is 18.9 Å². The van der Waals surface area contributed by atoms with E-state index in [0.29, 0.717) is 5.56 Å². The maximum absolute atomic E-state index is 13.9. The number of nitrogens with zero attached hydrogens (tertiary/aromatic N) is 5. The van der Waals surface area contributed by atoms with Crippen LogP contribution in [0.4, 0.5) is 29.1 Å². The molecule has 0 saturated heterocycles. The van der Waals surface area contributed by atoms with E-state index in [4.69, 9.17) is 4.74 Å². The van der Waals surface area contributed by atoms with Crippen molar-refractivity contribution in [2.75, 3.05) is 23.5 Å². The summed E-state index contributed by atoms with van der Waals surface area (Å²) in [5, 5.41) is 9.20. The molecule has 14 heteroatoms. The topological polar surface area (TPSA) is 102 Å². The Morgan fingerprint density at radius 3 is 2.51 bits per heavy atom. The molecular formula is C23H23F4N5O5. The van der Waals surface area contributed by atoms with Gasteiger partial charge in [-0.15, -0.1) is 13.2 Å². The molecule has 37 heavy (non-hydrogen) atoms. The highest BCUT2D eigenvalue weighted by molar-refractivity contribution is 5.73. The van der Waals surface area contributed by atoms with E-state index in [9.17, 15) is 32.3 Å². The molecule has 3 aromatic rings. The van der Waals surface area contributed by atoms with Crippen molar-refractivity contribution in [2.45, 2.75) is 32.2 Å². The van der Waals surface area contributed by atoms with Crippen molar-refractivity contribution in [2.24, 2.45) is 7.05 Å². The van der Waals surface area contributed by atoms with Crippen molar-refractivity contribution in [3.8, 4) is 11.5 Å². The summed E-state index contributed by atoms with van der Waals surface area (Å²) in [6.07, 6.45) is -3.47. The van der Waals surface area contributed by atoms with Crippen LogP contribution in [0.1, 0.15) is 12.0 Å². The van der Waals surface area contributed by atoms with E-state index in [-0.39, 0.29) is 43.4 Å². The molecular weight excluding hydrogens is 502 g/mol. The molecule has 0 aliphatic carbocycles. The van der Waals surface area contributed by atoms with Crippen molar-refractivity contribution in [3.63, 3.8) is 0 Å². The number of halogens is 4. The van der Waals surface area contributed by atoms with E-state index in [1.54, 1.807) is 7.05 Å². The Hall–Kier alpha value is -4.07. The third-order valence-corrected chi connectivity index (χ3v) is 5.65. The van der Waals surface area contributed by atoms with Gasteiger partial charge >= 0.3 is 12.1 Å². The Labute approximate surface area is 207 Å². The lowest BCUT2D eigenvalue weighted by atomic mass is 10.2. The van der Waals surface area contributed by atoms with Gasteiger partial charge in [0.05, 0.1) is 12.7 Å². The van der Waals surface area contributed by atoms with Crippen LogP contribution in [0.3, 0.4) is 0 Å². The van der Waals surface area contributed by atoms with Crippen LogP contribution >= 0.6 is 0 Å². The van der Waals surface area contributed by atoms with E-state index in [1.165, 1.54) is 45.8 Å². The third kappa shape index (κ3) is 5.38. The number of fused-ring (bicyclic) bond motifs is 1. The Bertz CT molecular complexity index is 1410. The second-order valence-electron chi connectivity index (χ2n) is 8.26. The molecule has 1 aliphatic rings. The monoisotopic (exact) mass is 525 g/mol. The van der Waals surface area contributed by atoms with Crippen molar-refractivity contribution in [1.82, 2.24) is 14.1 Å². The van der Waals surface area contributed by atoms with Crippen LogP contribution in [0.25, 0.3) is 0 Å². The first-order valence-electron chi connectivity index (χ1n) is 11.1. The summed E-state index contributed by atoms with van der Waals surface area (Å²) in [6.45, 7) is -0.372. The number of hydrogen-bond acceptors (Lipinski definition) is 8. The van der Waals surface area contributed by atoms with Gasteiger partial charge < -0.3 is 24.4 Å². The van der Waals surface area contributed by atoms with Gasteiger partial charge in [0.15, 0.2) is 0 Å². The Balaban J connectivity index is 1.80. The molecule has 1 aromatic carbocycles. The van der Waals surface area contributed by atoms with E-state index >= 15 is 0 Å². The number of aliphatic hydroxyl groups is 1. The molecule has 2 aromatic heterocycles. The molecule has 0 radical (unpaired) electrons. The first kappa shape index (κ1) is 26.0. The van der Waals surface area contributed by atoms with Gasteiger partial charge in [0.2, 0.25) is 0 Å². The average molecular weight is 525 g/mol. The number of aromatic nitrogens is 3. The lowest BCUT2D eigenvalue weighted by molar-refractivity contribution is -0.274. The Morgan fingerprint density at radius 1 is 1.11 bits per heavy atom. The zero-order chi connectivity index (χ0) is 26.9. The van der Waals surface area contributed by atoms with Crippen molar-refractivity contribution >= 4 is 11.5 Å². The highest BCUT2D eigenvalue weighted by Crippen LogP contribution is 2.37. The summed E-state index contributed by atoms with van der Waals surface area (Å²) in [4.78, 5) is 33.2. The number of aliphatic hydroxyl groups excluding tert-OH is 1. The number of rotatable bonds is 8. The molecule has 0 amide bonds. The predicted molar refractivity (Wildman–Crippen MR) is 124 cm³/mol. The second-order valence-corrected chi connectivity index (χ2v) is 8.26. The number of ether oxygens (including phenoxy) is 2. The first-order valence-corrected chi connectivity index (χ1v) is 11.1. The molecule has 0 saturated carbocycles. The standard InChI is InChI=1S/C23H23F4N5O5/c1-29-19-18(20(34)31(21(29)35)7-4-8-33)32(13-14-9-15(24)12-28-11-14)22(30(19)2)36-16-5-3-6-17(10-16)37-23(25,26)27/h3,5-6,9-12,22,33H,4,7-8,13H2,1-2H3. The maximum Gasteiger partial charge on any atom is 0.573 e. The molecule has 4 rings (SSSR count). The van der Waals surface area contributed by atoms with E-state index in [2.05, 4.69) is 9.72 Å². The van der Waals surface area contributed by atoms with E-state index in [1.807, 2.05) is 0 Å². The van der Waals surface area contributed by atoms with Gasteiger partial charge in [0.1, 0.15) is 28.8 Å². The molecule has 3 heterocycles. The Morgan fingerprint density at radius 2 is 1.84 bits per heavy atom. The third-order valence-electron chi connectivity index (χ3n) is 5.65. The highest BCUT2D eigenvalue weighted by Gasteiger charge is 2.41. The van der Waals surface area contributed by atoms with Crippen LogP contribution in [0, 0.1) is 5.82 Å². The molecule has 0 spiro atoms. The van der Waals surface area contributed by atoms with Crippen LogP contribution in [0.2, 0.25) is 0 Å². The summed E-state index contributed by atoms with van der Waals surface area (Å²) in [6, 6.07) is 6.06. The van der Waals surface area contributed by atoms with Crippen molar-refractivity contribution in [1.29, 1.82) is 0 Å². The fourth-order valence-corrected chi connectivity index (χ4v) is 4.15. The number of pyridine rings is 1. The lowest BCUT2D eigenvalue weighted by Gasteiger charge is -2.30. The smallest absolute Gasteiger partial charge is 0.452 e. The summed E-state index contributed by atoms with van der Waals surface area (Å²) >= 11 is 0.